The van der Waals surface area contributed by atoms with E-state index >= 15 is 0 Å². The standard InChI is InChI=1S/C22H25ClN6O/c23-16-4-1-5-17(11-16)28-22(21(24)30,14-6-7-14)15-3-2-10-29(12-15)20-18-8-9-25-19(18)26-13-27-20/h1,4-5,8-9,11,13-15,28H,2-3,6-7,10,12H2,(H2,24,30)(H,25,26,27)/t15-,22?/m1/s1. The van der Waals surface area contributed by atoms with Crippen LogP contribution in [0.15, 0.2) is 42.9 Å². The minimum atomic E-state index is -0.798. The molecule has 0 bridgehead atoms. The summed E-state index contributed by atoms with van der Waals surface area (Å²) in [7, 11) is 0. The van der Waals surface area contributed by atoms with E-state index in [1.54, 1.807) is 6.33 Å². The number of piperidine rings is 1. The average Bonchev–Trinajstić information content (AvgIpc) is 3.48. The van der Waals surface area contributed by atoms with Crippen LogP contribution in [0.3, 0.4) is 0 Å². The fraction of sp³-hybridized carbons (Fsp3) is 0.409. The van der Waals surface area contributed by atoms with Gasteiger partial charge in [0, 0.05) is 35.9 Å². The molecule has 30 heavy (non-hydrogen) atoms. The van der Waals surface area contributed by atoms with E-state index in [9.17, 15) is 4.79 Å². The van der Waals surface area contributed by atoms with Gasteiger partial charge in [-0.1, -0.05) is 17.7 Å². The molecule has 2 fully saturated rings. The lowest BCUT2D eigenvalue weighted by Crippen LogP contribution is -2.61. The number of anilines is 2. The number of nitrogens with zero attached hydrogens (tertiary/aromatic N) is 3. The second kappa shape index (κ2) is 7.47. The highest BCUT2D eigenvalue weighted by Crippen LogP contribution is 2.48. The van der Waals surface area contributed by atoms with Gasteiger partial charge in [0.1, 0.15) is 23.3 Å². The van der Waals surface area contributed by atoms with Crippen molar-refractivity contribution in [2.75, 3.05) is 23.3 Å². The largest absolute Gasteiger partial charge is 0.371 e. The first-order valence-electron chi connectivity index (χ1n) is 10.4. The summed E-state index contributed by atoms with van der Waals surface area (Å²) >= 11 is 6.20. The van der Waals surface area contributed by atoms with Gasteiger partial charge in [-0.25, -0.2) is 9.97 Å². The monoisotopic (exact) mass is 424 g/mol. The van der Waals surface area contributed by atoms with Crippen LogP contribution in [-0.2, 0) is 4.79 Å². The second-order valence-corrected chi connectivity index (χ2v) is 8.80. The molecule has 0 spiro atoms. The van der Waals surface area contributed by atoms with Crippen LogP contribution >= 0.6 is 11.6 Å². The number of primary amides is 1. The van der Waals surface area contributed by atoms with E-state index in [0.717, 1.165) is 54.8 Å². The Morgan fingerprint density at radius 3 is 2.87 bits per heavy atom. The number of aromatic nitrogens is 3. The predicted molar refractivity (Wildman–Crippen MR) is 119 cm³/mol. The fourth-order valence-electron chi connectivity index (χ4n) is 5.00. The average molecular weight is 425 g/mol. The maximum Gasteiger partial charge on any atom is 0.243 e. The molecule has 1 aromatic carbocycles. The Labute approximate surface area is 180 Å². The minimum Gasteiger partial charge on any atom is -0.371 e. The summed E-state index contributed by atoms with van der Waals surface area (Å²) in [5.74, 6) is 0.921. The van der Waals surface area contributed by atoms with Gasteiger partial charge in [0.05, 0.1) is 5.39 Å². The van der Waals surface area contributed by atoms with E-state index in [-0.39, 0.29) is 17.7 Å². The van der Waals surface area contributed by atoms with Crippen LogP contribution in [0.5, 0.6) is 0 Å². The number of rotatable bonds is 6. The van der Waals surface area contributed by atoms with Crippen molar-refractivity contribution in [2.24, 2.45) is 17.6 Å². The quantitative estimate of drug-likeness (QED) is 0.561. The van der Waals surface area contributed by atoms with Gasteiger partial charge in [-0.2, -0.15) is 0 Å². The molecule has 2 aromatic heterocycles. The normalized spacial score (nSPS) is 21.4. The molecular formula is C22H25ClN6O. The van der Waals surface area contributed by atoms with E-state index in [1.807, 2.05) is 36.5 Å². The number of H-pyrrole nitrogens is 1. The lowest BCUT2D eigenvalue weighted by molar-refractivity contribution is -0.125. The maximum absolute atomic E-state index is 13.0. The predicted octanol–water partition coefficient (Wildman–Crippen LogP) is 3.57. The highest BCUT2D eigenvalue weighted by Gasteiger charge is 2.55. The topological polar surface area (TPSA) is 99.9 Å². The summed E-state index contributed by atoms with van der Waals surface area (Å²) in [5, 5.41) is 5.18. The maximum atomic E-state index is 13.0. The summed E-state index contributed by atoms with van der Waals surface area (Å²) < 4.78 is 0. The summed E-state index contributed by atoms with van der Waals surface area (Å²) in [5.41, 5.74) is 6.96. The van der Waals surface area contributed by atoms with Gasteiger partial charge in [0.25, 0.3) is 0 Å². The smallest absolute Gasteiger partial charge is 0.243 e. The Morgan fingerprint density at radius 2 is 2.10 bits per heavy atom. The number of aromatic amines is 1. The molecule has 3 aromatic rings. The Morgan fingerprint density at radius 1 is 1.23 bits per heavy atom. The Hall–Kier alpha value is -2.80. The molecule has 1 unspecified atom stereocenters. The Bertz CT molecular complexity index is 1080. The number of halogens is 1. The zero-order valence-electron chi connectivity index (χ0n) is 16.6. The van der Waals surface area contributed by atoms with E-state index in [0.29, 0.717) is 11.6 Å². The van der Waals surface area contributed by atoms with Crippen molar-refractivity contribution < 1.29 is 4.79 Å². The van der Waals surface area contributed by atoms with Crippen molar-refractivity contribution in [3.05, 3.63) is 47.9 Å². The van der Waals surface area contributed by atoms with Crippen molar-refractivity contribution in [1.82, 2.24) is 15.0 Å². The van der Waals surface area contributed by atoms with Crippen LogP contribution in [0, 0.1) is 11.8 Å². The molecule has 7 nitrogen and oxygen atoms in total. The van der Waals surface area contributed by atoms with Crippen LogP contribution in [0.25, 0.3) is 11.0 Å². The molecule has 2 atom stereocenters. The number of amides is 1. The molecule has 1 amide bonds. The number of nitrogens with one attached hydrogen (secondary N) is 2. The molecule has 1 saturated carbocycles. The highest BCUT2D eigenvalue weighted by atomic mass is 35.5. The molecule has 2 aliphatic rings. The molecule has 8 heteroatoms. The van der Waals surface area contributed by atoms with Crippen molar-refractivity contribution >= 4 is 40.0 Å². The number of hydrogen-bond donors (Lipinski definition) is 3. The summed E-state index contributed by atoms with van der Waals surface area (Å²) in [6, 6.07) is 9.52. The number of fused-ring (bicyclic) bond motifs is 1. The van der Waals surface area contributed by atoms with E-state index in [4.69, 9.17) is 17.3 Å². The van der Waals surface area contributed by atoms with Gasteiger partial charge >= 0.3 is 0 Å². The lowest BCUT2D eigenvalue weighted by Gasteiger charge is -2.45. The first-order chi connectivity index (χ1) is 14.6. The Balaban J connectivity index is 1.50. The van der Waals surface area contributed by atoms with Crippen LogP contribution in [0.1, 0.15) is 25.7 Å². The van der Waals surface area contributed by atoms with E-state index in [1.165, 1.54) is 0 Å². The van der Waals surface area contributed by atoms with Crippen molar-refractivity contribution in [2.45, 2.75) is 31.2 Å². The number of carbonyl (C=O) groups is 1. The van der Waals surface area contributed by atoms with Crippen molar-refractivity contribution in [1.29, 1.82) is 0 Å². The summed E-state index contributed by atoms with van der Waals surface area (Å²) in [6.45, 7) is 1.61. The number of hydrogen-bond acceptors (Lipinski definition) is 5. The number of nitrogens with two attached hydrogens (primary N) is 1. The van der Waals surface area contributed by atoms with Crippen molar-refractivity contribution in [3.8, 4) is 0 Å². The number of carbonyl (C=O) groups excluding carboxylic acids is 1. The molecule has 156 valence electrons. The summed E-state index contributed by atoms with van der Waals surface area (Å²) in [4.78, 5) is 27.3. The zero-order chi connectivity index (χ0) is 20.7. The van der Waals surface area contributed by atoms with Gasteiger partial charge in [-0.15, -0.1) is 0 Å². The van der Waals surface area contributed by atoms with Gasteiger partial charge in [-0.05, 0) is 55.9 Å². The van der Waals surface area contributed by atoms with Crippen LogP contribution in [0.2, 0.25) is 5.02 Å². The lowest BCUT2D eigenvalue weighted by atomic mass is 9.74. The van der Waals surface area contributed by atoms with Crippen LogP contribution < -0.4 is 16.0 Å². The van der Waals surface area contributed by atoms with Crippen LogP contribution in [-0.4, -0.2) is 39.5 Å². The van der Waals surface area contributed by atoms with E-state index in [2.05, 4.69) is 25.2 Å². The first-order valence-corrected chi connectivity index (χ1v) is 10.8. The molecule has 5 rings (SSSR count). The molecule has 3 heterocycles. The Kier molecular flexibility index (Phi) is 4.77. The highest BCUT2D eigenvalue weighted by molar-refractivity contribution is 6.30. The summed E-state index contributed by atoms with van der Waals surface area (Å²) in [6.07, 6.45) is 7.38. The molecule has 4 N–H and O–H groups in total. The SMILES string of the molecule is NC(=O)C(Nc1cccc(Cl)c1)(C1CC1)[C@@H]1CCCN(c2ncnc3[nH]ccc23)C1. The second-order valence-electron chi connectivity index (χ2n) is 8.37. The van der Waals surface area contributed by atoms with Gasteiger partial charge in [-0.3, -0.25) is 4.79 Å². The van der Waals surface area contributed by atoms with Gasteiger partial charge < -0.3 is 20.9 Å². The molecular weight excluding hydrogens is 400 g/mol. The molecule has 1 aliphatic carbocycles. The third kappa shape index (κ3) is 3.27. The molecule has 0 radical (unpaired) electrons. The van der Waals surface area contributed by atoms with Crippen molar-refractivity contribution in [3.63, 3.8) is 0 Å². The van der Waals surface area contributed by atoms with Gasteiger partial charge in [0.15, 0.2) is 0 Å². The number of benzene rings is 1. The molecule has 1 aliphatic heterocycles. The van der Waals surface area contributed by atoms with E-state index < -0.39 is 5.54 Å². The molecule has 1 saturated heterocycles. The van der Waals surface area contributed by atoms with Crippen LogP contribution in [0.4, 0.5) is 11.5 Å². The zero-order valence-corrected chi connectivity index (χ0v) is 17.4. The third-order valence-corrected chi connectivity index (χ3v) is 6.74. The fourth-order valence-corrected chi connectivity index (χ4v) is 5.19. The minimum absolute atomic E-state index is 0.0687. The third-order valence-electron chi connectivity index (χ3n) is 6.50. The first kappa shape index (κ1) is 19.2. The van der Waals surface area contributed by atoms with Gasteiger partial charge in [0.2, 0.25) is 5.91 Å².